The molecule has 4 heteroatoms. The summed E-state index contributed by atoms with van der Waals surface area (Å²) in [7, 11) is 0. The molecule has 0 saturated carbocycles. The van der Waals surface area contributed by atoms with Crippen molar-refractivity contribution >= 4 is 11.8 Å². The molecular weight excluding hydrogens is 180 g/mol. The molecule has 4 nitrogen and oxygen atoms in total. The van der Waals surface area contributed by atoms with Crippen LogP contribution in [-0.2, 0) is 6.54 Å². The minimum Gasteiger partial charge on any atom is -0.448 e. The van der Waals surface area contributed by atoms with Crippen molar-refractivity contribution in [3.05, 3.63) is 41.9 Å². The first-order valence-electron chi connectivity index (χ1n) is 4.37. The number of nitrogens with zero attached hydrogens (tertiary/aromatic N) is 1. The van der Waals surface area contributed by atoms with E-state index in [1.807, 2.05) is 22.9 Å². The first kappa shape index (κ1) is 7.44. The molecule has 0 saturated heterocycles. The van der Waals surface area contributed by atoms with E-state index in [9.17, 15) is 4.79 Å². The van der Waals surface area contributed by atoms with Crippen LogP contribution < -0.4 is 5.32 Å². The second kappa shape index (κ2) is 2.51. The lowest BCUT2D eigenvalue weighted by Crippen LogP contribution is -2.12. The summed E-state index contributed by atoms with van der Waals surface area (Å²) in [6, 6.07) is 5.52. The third-order valence-corrected chi connectivity index (χ3v) is 2.38. The molecule has 3 heterocycles. The van der Waals surface area contributed by atoms with Crippen molar-refractivity contribution in [3.8, 4) is 0 Å². The van der Waals surface area contributed by atoms with Crippen molar-refractivity contribution in [1.82, 2.24) is 4.57 Å². The lowest BCUT2D eigenvalue weighted by Gasteiger charge is -2.00. The molecule has 0 bridgehead atoms. The van der Waals surface area contributed by atoms with Gasteiger partial charge in [-0.3, -0.25) is 10.1 Å². The maximum Gasteiger partial charge on any atom is 0.274 e. The highest BCUT2D eigenvalue weighted by atomic mass is 16.3. The topological polar surface area (TPSA) is 47.2 Å². The predicted molar refractivity (Wildman–Crippen MR) is 50.2 cm³/mol. The standard InChI is InChI=1S/C10H8N2O2/c13-9-8-2-1-4-12(8)6-7-3-5-14-10(7)11-9/h1-5H,6H2,(H,11,13). The maximum atomic E-state index is 11.6. The summed E-state index contributed by atoms with van der Waals surface area (Å²) in [6.45, 7) is 0.674. The maximum absolute atomic E-state index is 11.6. The summed E-state index contributed by atoms with van der Waals surface area (Å²) in [5.74, 6) is 0.433. The van der Waals surface area contributed by atoms with Crippen LogP contribution in [0.15, 0.2) is 35.1 Å². The van der Waals surface area contributed by atoms with Gasteiger partial charge in [-0.25, -0.2) is 0 Å². The smallest absolute Gasteiger partial charge is 0.274 e. The molecule has 0 spiro atoms. The molecular formula is C10H8N2O2. The molecule has 2 aromatic rings. The number of hydrogen-bond acceptors (Lipinski definition) is 2. The predicted octanol–water partition coefficient (Wildman–Crippen LogP) is 1.70. The van der Waals surface area contributed by atoms with Crippen LogP contribution in [-0.4, -0.2) is 10.5 Å². The molecule has 0 aliphatic carbocycles. The van der Waals surface area contributed by atoms with Crippen molar-refractivity contribution in [2.75, 3.05) is 5.32 Å². The van der Waals surface area contributed by atoms with Crippen LogP contribution in [0.2, 0.25) is 0 Å². The van der Waals surface area contributed by atoms with Gasteiger partial charge in [0.2, 0.25) is 5.88 Å². The van der Waals surface area contributed by atoms with Crippen LogP contribution in [0.4, 0.5) is 5.88 Å². The number of rotatable bonds is 0. The Morgan fingerprint density at radius 1 is 1.43 bits per heavy atom. The van der Waals surface area contributed by atoms with Crippen molar-refractivity contribution in [2.24, 2.45) is 0 Å². The number of amides is 1. The zero-order valence-corrected chi connectivity index (χ0v) is 7.36. The SMILES string of the molecule is O=C1Nc2occc2Cn2cccc21. The van der Waals surface area contributed by atoms with Crippen LogP contribution in [0.3, 0.4) is 0 Å². The highest BCUT2D eigenvalue weighted by Gasteiger charge is 2.19. The van der Waals surface area contributed by atoms with Gasteiger partial charge in [0, 0.05) is 11.8 Å². The average molecular weight is 188 g/mol. The Morgan fingerprint density at radius 3 is 3.29 bits per heavy atom. The number of fused-ring (bicyclic) bond motifs is 2. The largest absolute Gasteiger partial charge is 0.448 e. The van der Waals surface area contributed by atoms with E-state index in [2.05, 4.69) is 5.32 Å². The van der Waals surface area contributed by atoms with Crippen molar-refractivity contribution in [3.63, 3.8) is 0 Å². The van der Waals surface area contributed by atoms with E-state index < -0.39 is 0 Å². The van der Waals surface area contributed by atoms with Gasteiger partial charge in [0.15, 0.2) is 0 Å². The molecule has 14 heavy (non-hydrogen) atoms. The Kier molecular flexibility index (Phi) is 1.33. The highest BCUT2D eigenvalue weighted by Crippen LogP contribution is 2.23. The van der Waals surface area contributed by atoms with Crippen LogP contribution in [0.25, 0.3) is 0 Å². The van der Waals surface area contributed by atoms with Gasteiger partial charge in [-0.15, -0.1) is 0 Å². The van der Waals surface area contributed by atoms with Crippen LogP contribution in [0, 0.1) is 0 Å². The molecule has 0 atom stereocenters. The Labute approximate surface area is 80.1 Å². The van der Waals surface area contributed by atoms with Gasteiger partial charge in [0.05, 0.1) is 12.8 Å². The van der Waals surface area contributed by atoms with E-state index >= 15 is 0 Å². The summed E-state index contributed by atoms with van der Waals surface area (Å²) in [6.07, 6.45) is 3.47. The fourth-order valence-corrected chi connectivity index (χ4v) is 1.68. The minimum atomic E-state index is -0.122. The van der Waals surface area contributed by atoms with Gasteiger partial charge in [-0.1, -0.05) is 0 Å². The number of anilines is 1. The first-order chi connectivity index (χ1) is 6.84. The van der Waals surface area contributed by atoms with Gasteiger partial charge < -0.3 is 8.98 Å². The molecule has 0 fully saturated rings. The molecule has 1 aliphatic rings. The highest BCUT2D eigenvalue weighted by molar-refractivity contribution is 6.03. The normalized spacial score (nSPS) is 14.1. The Hall–Kier alpha value is -1.97. The summed E-state index contributed by atoms with van der Waals surface area (Å²) in [5.41, 5.74) is 1.66. The summed E-state index contributed by atoms with van der Waals surface area (Å²) in [5, 5.41) is 2.72. The zero-order chi connectivity index (χ0) is 9.54. The summed E-state index contributed by atoms with van der Waals surface area (Å²) in [4.78, 5) is 11.6. The van der Waals surface area contributed by atoms with Crippen molar-refractivity contribution < 1.29 is 9.21 Å². The minimum absolute atomic E-state index is 0.122. The fraction of sp³-hybridized carbons (Fsp3) is 0.100. The quantitative estimate of drug-likeness (QED) is 0.683. The van der Waals surface area contributed by atoms with E-state index in [-0.39, 0.29) is 5.91 Å². The van der Waals surface area contributed by atoms with Crippen LogP contribution in [0.5, 0.6) is 0 Å². The third kappa shape index (κ3) is 0.907. The molecule has 1 amide bonds. The van der Waals surface area contributed by atoms with E-state index in [1.54, 1.807) is 12.3 Å². The number of hydrogen-bond donors (Lipinski definition) is 1. The molecule has 2 aromatic heterocycles. The lowest BCUT2D eigenvalue weighted by atomic mass is 10.3. The van der Waals surface area contributed by atoms with E-state index in [0.717, 1.165) is 5.56 Å². The number of carbonyl (C=O) groups excluding carboxylic acids is 1. The Bertz CT molecular complexity index is 496. The number of nitrogens with one attached hydrogen (secondary N) is 1. The van der Waals surface area contributed by atoms with E-state index in [4.69, 9.17) is 4.42 Å². The van der Waals surface area contributed by atoms with Gasteiger partial charge >= 0.3 is 0 Å². The second-order valence-corrected chi connectivity index (χ2v) is 3.25. The Balaban J connectivity index is 2.18. The zero-order valence-electron chi connectivity index (χ0n) is 7.36. The number of carbonyl (C=O) groups is 1. The summed E-state index contributed by atoms with van der Waals surface area (Å²) >= 11 is 0. The number of aromatic nitrogens is 1. The van der Waals surface area contributed by atoms with Gasteiger partial charge in [-0.2, -0.15) is 0 Å². The van der Waals surface area contributed by atoms with Crippen molar-refractivity contribution in [1.29, 1.82) is 0 Å². The molecule has 0 aromatic carbocycles. The average Bonchev–Trinajstić information content (AvgIpc) is 2.75. The molecule has 70 valence electrons. The summed E-state index contributed by atoms with van der Waals surface area (Å²) < 4.78 is 7.06. The molecule has 0 radical (unpaired) electrons. The van der Waals surface area contributed by atoms with Crippen LogP contribution in [0.1, 0.15) is 16.1 Å². The molecule has 1 aliphatic heterocycles. The van der Waals surface area contributed by atoms with Crippen molar-refractivity contribution in [2.45, 2.75) is 6.54 Å². The first-order valence-corrected chi connectivity index (χ1v) is 4.37. The lowest BCUT2D eigenvalue weighted by molar-refractivity contribution is 0.101. The monoisotopic (exact) mass is 188 g/mol. The van der Waals surface area contributed by atoms with Gasteiger partial charge in [0.25, 0.3) is 5.91 Å². The fourth-order valence-electron chi connectivity index (χ4n) is 1.68. The Morgan fingerprint density at radius 2 is 2.36 bits per heavy atom. The van der Waals surface area contributed by atoms with E-state index in [1.165, 1.54) is 0 Å². The second-order valence-electron chi connectivity index (χ2n) is 3.25. The number of furan rings is 1. The molecule has 0 unspecified atom stereocenters. The van der Waals surface area contributed by atoms with Gasteiger partial charge in [0.1, 0.15) is 5.69 Å². The van der Waals surface area contributed by atoms with Crippen LogP contribution >= 0.6 is 0 Å². The van der Waals surface area contributed by atoms with Gasteiger partial charge in [-0.05, 0) is 18.2 Å². The molecule has 1 N–H and O–H groups in total. The van der Waals surface area contributed by atoms with E-state index in [0.29, 0.717) is 18.1 Å². The third-order valence-electron chi connectivity index (χ3n) is 2.38. The molecule has 3 rings (SSSR count).